The van der Waals surface area contributed by atoms with E-state index < -0.39 is 0 Å². The average Bonchev–Trinajstić information content (AvgIpc) is 3.22. The Morgan fingerprint density at radius 3 is 2.96 bits per heavy atom. The maximum Gasteiger partial charge on any atom is 0.279 e. The van der Waals surface area contributed by atoms with Crippen molar-refractivity contribution in [3.8, 4) is 0 Å². The first-order chi connectivity index (χ1) is 11.7. The summed E-state index contributed by atoms with van der Waals surface area (Å²) in [6.07, 6.45) is 5.80. The van der Waals surface area contributed by atoms with Crippen molar-refractivity contribution in [3.63, 3.8) is 0 Å². The third-order valence-corrected chi connectivity index (χ3v) is 5.27. The van der Waals surface area contributed by atoms with Gasteiger partial charge >= 0.3 is 0 Å². The van der Waals surface area contributed by atoms with Gasteiger partial charge in [0.25, 0.3) is 5.91 Å². The quantitative estimate of drug-likeness (QED) is 0.716. The monoisotopic (exact) mass is 357 g/mol. The van der Waals surface area contributed by atoms with Gasteiger partial charge in [0.2, 0.25) is 0 Å². The summed E-state index contributed by atoms with van der Waals surface area (Å²) in [5.41, 5.74) is 2.28. The van der Waals surface area contributed by atoms with Crippen LogP contribution in [-0.2, 0) is 0 Å². The van der Waals surface area contributed by atoms with Gasteiger partial charge in [-0.25, -0.2) is 9.97 Å². The third-order valence-electron chi connectivity index (χ3n) is 3.61. The maximum absolute atomic E-state index is 12.6. The number of aromatic nitrogens is 3. The lowest BCUT2D eigenvalue weighted by atomic mass is 10.3. The Bertz CT molecular complexity index is 870. The van der Waals surface area contributed by atoms with Gasteiger partial charge in [0.1, 0.15) is 5.00 Å². The molecular weight excluding hydrogens is 342 g/mol. The molecule has 8 heteroatoms. The number of carbonyl (C=O) groups is 1. The molecule has 0 aliphatic heterocycles. The van der Waals surface area contributed by atoms with Crippen LogP contribution in [0.15, 0.2) is 29.9 Å². The summed E-state index contributed by atoms with van der Waals surface area (Å²) in [6.45, 7) is 1.88. The molecule has 3 aromatic heterocycles. The summed E-state index contributed by atoms with van der Waals surface area (Å²) < 4.78 is 0. The first-order valence-corrected chi connectivity index (χ1v) is 9.30. The molecule has 4 rings (SSSR count). The number of hydrogen-bond acceptors (Lipinski definition) is 7. The van der Waals surface area contributed by atoms with Crippen LogP contribution in [0.5, 0.6) is 0 Å². The standard InChI is InChI=1S/C16H15N5OS2/c1-9-18-13(15(24-9)19-11-3-2-6-17-7-11)14(22)21-16-20-12(8-23-16)10-4-5-10/h2-3,6-8,10,19H,4-5H2,1H3,(H,20,21,22). The van der Waals surface area contributed by atoms with Crippen molar-refractivity contribution < 1.29 is 4.79 Å². The van der Waals surface area contributed by atoms with Gasteiger partial charge in [-0.1, -0.05) is 0 Å². The van der Waals surface area contributed by atoms with Crippen LogP contribution in [0.1, 0.15) is 39.9 Å². The fourth-order valence-electron chi connectivity index (χ4n) is 2.30. The number of thiazole rings is 2. The molecule has 0 unspecified atom stereocenters. The van der Waals surface area contributed by atoms with Gasteiger partial charge in [-0.3, -0.25) is 15.1 Å². The van der Waals surface area contributed by atoms with Gasteiger partial charge in [0.15, 0.2) is 10.8 Å². The molecular formula is C16H15N5OS2. The first-order valence-electron chi connectivity index (χ1n) is 7.60. The van der Waals surface area contributed by atoms with E-state index in [0.29, 0.717) is 21.7 Å². The van der Waals surface area contributed by atoms with E-state index in [1.807, 2.05) is 24.4 Å². The van der Waals surface area contributed by atoms with E-state index in [9.17, 15) is 4.79 Å². The zero-order chi connectivity index (χ0) is 16.5. The van der Waals surface area contributed by atoms with Crippen molar-refractivity contribution in [3.05, 3.63) is 46.3 Å². The Kier molecular flexibility index (Phi) is 3.99. The van der Waals surface area contributed by atoms with E-state index >= 15 is 0 Å². The van der Waals surface area contributed by atoms with Gasteiger partial charge < -0.3 is 5.32 Å². The third kappa shape index (κ3) is 3.29. The number of carbonyl (C=O) groups excluding carboxylic acids is 1. The van der Waals surface area contributed by atoms with Crippen molar-refractivity contribution >= 4 is 44.4 Å². The molecule has 1 aliphatic rings. The molecule has 1 saturated carbocycles. The maximum atomic E-state index is 12.6. The summed E-state index contributed by atoms with van der Waals surface area (Å²) in [5, 5.41) is 10.2. The predicted octanol–water partition coefficient (Wildman–Crippen LogP) is 4.18. The van der Waals surface area contributed by atoms with Crippen LogP contribution in [-0.4, -0.2) is 20.9 Å². The SMILES string of the molecule is Cc1nc(C(=O)Nc2nc(C3CC3)cs2)c(Nc2cccnc2)s1. The Balaban J connectivity index is 1.52. The van der Waals surface area contributed by atoms with Crippen LogP contribution < -0.4 is 10.6 Å². The topological polar surface area (TPSA) is 79.8 Å². The van der Waals surface area contributed by atoms with E-state index in [-0.39, 0.29) is 5.91 Å². The van der Waals surface area contributed by atoms with Crippen molar-refractivity contribution in [1.82, 2.24) is 15.0 Å². The highest BCUT2D eigenvalue weighted by Gasteiger charge is 2.26. The number of rotatable bonds is 5. The Hall–Kier alpha value is -2.32. The average molecular weight is 357 g/mol. The van der Waals surface area contributed by atoms with Crippen molar-refractivity contribution in [2.24, 2.45) is 0 Å². The highest BCUT2D eigenvalue weighted by molar-refractivity contribution is 7.16. The predicted molar refractivity (Wildman–Crippen MR) is 96.4 cm³/mol. The molecule has 2 N–H and O–H groups in total. The largest absolute Gasteiger partial charge is 0.344 e. The Morgan fingerprint density at radius 1 is 1.33 bits per heavy atom. The van der Waals surface area contributed by atoms with Crippen LogP contribution in [0, 0.1) is 6.92 Å². The van der Waals surface area contributed by atoms with Gasteiger partial charge in [-0.05, 0) is 31.9 Å². The molecule has 24 heavy (non-hydrogen) atoms. The number of amides is 1. The molecule has 1 fully saturated rings. The second-order valence-corrected chi connectivity index (χ2v) is 7.64. The van der Waals surface area contributed by atoms with Crippen LogP contribution in [0.3, 0.4) is 0 Å². The van der Waals surface area contributed by atoms with Crippen LogP contribution in [0.2, 0.25) is 0 Å². The highest BCUT2D eigenvalue weighted by Crippen LogP contribution is 2.41. The fraction of sp³-hybridized carbons (Fsp3) is 0.250. The van der Waals surface area contributed by atoms with E-state index in [0.717, 1.165) is 16.4 Å². The first kappa shape index (κ1) is 15.2. The van der Waals surface area contributed by atoms with Gasteiger partial charge in [-0.2, -0.15) is 0 Å². The summed E-state index contributed by atoms with van der Waals surface area (Å²) in [6, 6.07) is 3.73. The van der Waals surface area contributed by atoms with E-state index in [2.05, 4.69) is 25.6 Å². The summed E-state index contributed by atoms with van der Waals surface area (Å²) in [7, 11) is 0. The zero-order valence-corrected chi connectivity index (χ0v) is 14.6. The molecule has 0 saturated heterocycles. The number of hydrogen-bond donors (Lipinski definition) is 2. The molecule has 122 valence electrons. The number of pyridine rings is 1. The van der Waals surface area contributed by atoms with Crippen molar-refractivity contribution in [1.29, 1.82) is 0 Å². The smallest absolute Gasteiger partial charge is 0.279 e. The number of anilines is 3. The molecule has 0 spiro atoms. The fourth-order valence-corrected chi connectivity index (χ4v) is 3.92. The second kappa shape index (κ2) is 6.29. The van der Waals surface area contributed by atoms with Crippen LogP contribution in [0.4, 0.5) is 15.8 Å². The minimum atomic E-state index is -0.248. The van der Waals surface area contributed by atoms with Gasteiger partial charge in [-0.15, -0.1) is 22.7 Å². The van der Waals surface area contributed by atoms with Gasteiger partial charge in [0, 0.05) is 17.5 Å². The second-order valence-electron chi connectivity index (χ2n) is 5.58. The Labute approximate surface area is 147 Å². The minimum Gasteiger partial charge on any atom is -0.344 e. The van der Waals surface area contributed by atoms with E-state index in [1.54, 1.807) is 12.4 Å². The van der Waals surface area contributed by atoms with Gasteiger partial charge in [0.05, 0.1) is 22.6 Å². The molecule has 1 aliphatic carbocycles. The van der Waals surface area contributed by atoms with E-state index in [4.69, 9.17) is 0 Å². The lowest BCUT2D eigenvalue weighted by molar-refractivity contribution is 0.102. The molecule has 3 heterocycles. The molecule has 0 radical (unpaired) electrons. The number of nitrogens with zero attached hydrogens (tertiary/aromatic N) is 3. The summed E-state index contributed by atoms with van der Waals surface area (Å²) in [5.74, 6) is 0.332. The van der Waals surface area contributed by atoms with Crippen LogP contribution in [0.25, 0.3) is 0 Å². The number of aryl methyl sites for hydroxylation is 1. The summed E-state index contributed by atoms with van der Waals surface area (Å²) >= 11 is 2.90. The van der Waals surface area contributed by atoms with Crippen molar-refractivity contribution in [2.45, 2.75) is 25.7 Å². The molecule has 0 atom stereocenters. The zero-order valence-electron chi connectivity index (χ0n) is 12.9. The van der Waals surface area contributed by atoms with E-state index in [1.165, 1.54) is 35.5 Å². The lowest BCUT2D eigenvalue weighted by Gasteiger charge is -2.05. The molecule has 3 aromatic rings. The Morgan fingerprint density at radius 2 is 2.21 bits per heavy atom. The highest BCUT2D eigenvalue weighted by atomic mass is 32.1. The minimum absolute atomic E-state index is 0.248. The van der Waals surface area contributed by atoms with Crippen LogP contribution >= 0.6 is 22.7 Å². The molecule has 6 nitrogen and oxygen atoms in total. The summed E-state index contributed by atoms with van der Waals surface area (Å²) in [4.78, 5) is 25.5. The molecule has 1 amide bonds. The normalized spacial score (nSPS) is 13.7. The number of nitrogens with one attached hydrogen (secondary N) is 2. The molecule has 0 bridgehead atoms. The lowest BCUT2D eigenvalue weighted by Crippen LogP contribution is -2.14. The molecule has 0 aromatic carbocycles. The van der Waals surface area contributed by atoms with Crippen molar-refractivity contribution in [2.75, 3.05) is 10.6 Å².